The first-order valence-corrected chi connectivity index (χ1v) is 4.25. The fraction of sp³-hybridized carbons (Fsp3) is 0.444. The van der Waals surface area contributed by atoms with Crippen LogP contribution in [-0.2, 0) is 0 Å². The fourth-order valence-electron chi connectivity index (χ4n) is 1.47. The van der Waals surface area contributed by atoms with Crippen molar-refractivity contribution >= 4 is 5.69 Å². The van der Waals surface area contributed by atoms with Crippen LogP contribution in [0.1, 0.15) is 0 Å². The molecule has 3 heteroatoms. The summed E-state index contributed by atoms with van der Waals surface area (Å²) in [5.41, 5.74) is 6.74. The fourth-order valence-corrected chi connectivity index (χ4v) is 1.47. The van der Waals surface area contributed by atoms with Crippen molar-refractivity contribution in [3.63, 3.8) is 0 Å². The van der Waals surface area contributed by atoms with Crippen LogP contribution in [0.4, 0.5) is 5.69 Å². The van der Waals surface area contributed by atoms with Crippen molar-refractivity contribution in [1.29, 1.82) is 0 Å². The number of pyridine rings is 1. The molecule has 2 rings (SSSR count). The Morgan fingerprint density at radius 2 is 2.42 bits per heavy atom. The van der Waals surface area contributed by atoms with Crippen LogP contribution in [0, 0.1) is 5.92 Å². The average Bonchev–Trinajstić information content (AvgIpc) is 2.04. The van der Waals surface area contributed by atoms with Crippen molar-refractivity contribution < 1.29 is 0 Å². The number of nitrogens with two attached hydrogens (primary N) is 1. The topological polar surface area (TPSA) is 42.1 Å². The number of anilines is 1. The van der Waals surface area contributed by atoms with Gasteiger partial charge >= 0.3 is 0 Å². The Kier molecular flexibility index (Phi) is 1.96. The van der Waals surface area contributed by atoms with E-state index >= 15 is 0 Å². The van der Waals surface area contributed by atoms with Crippen LogP contribution in [0.3, 0.4) is 0 Å². The zero-order valence-electron chi connectivity index (χ0n) is 6.98. The molecule has 0 unspecified atom stereocenters. The zero-order valence-corrected chi connectivity index (χ0v) is 6.98. The summed E-state index contributed by atoms with van der Waals surface area (Å²) < 4.78 is 0. The second kappa shape index (κ2) is 3.11. The third kappa shape index (κ3) is 1.28. The SMILES string of the molecule is NCC1CN(c2cccnc2)C1. The quantitative estimate of drug-likeness (QED) is 0.689. The Labute approximate surface area is 72.2 Å². The van der Waals surface area contributed by atoms with Gasteiger partial charge in [0.25, 0.3) is 0 Å². The summed E-state index contributed by atoms with van der Waals surface area (Å²) in [5, 5.41) is 0. The first-order chi connectivity index (χ1) is 5.90. The van der Waals surface area contributed by atoms with E-state index in [1.165, 1.54) is 5.69 Å². The molecule has 0 bridgehead atoms. The number of nitrogens with zero attached hydrogens (tertiary/aromatic N) is 2. The standard InChI is InChI=1S/C9H13N3/c10-4-8-6-12(7-8)9-2-1-3-11-5-9/h1-3,5,8H,4,6-7,10H2. The molecule has 1 aromatic heterocycles. The molecule has 2 heterocycles. The first kappa shape index (κ1) is 7.55. The maximum absolute atomic E-state index is 5.53. The van der Waals surface area contributed by atoms with Crippen molar-refractivity contribution in [2.24, 2.45) is 11.7 Å². The van der Waals surface area contributed by atoms with Crippen LogP contribution in [0.5, 0.6) is 0 Å². The Bertz CT molecular complexity index is 241. The van der Waals surface area contributed by atoms with E-state index in [0.717, 1.165) is 19.6 Å². The molecule has 3 nitrogen and oxygen atoms in total. The van der Waals surface area contributed by atoms with E-state index in [-0.39, 0.29) is 0 Å². The summed E-state index contributed by atoms with van der Waals surface area (Å²) in [5.74, 6) is 0.685. The van der Waals surface area contributed by atoms with Gasteiger partial charge in [0, 0.05) is 25.2 Å². The Balaban J connectivity index is 1.97. The Morgan fingerprint density at radius 1 is 1.58 bits per heavy atom. The summed E-state index contributed by atoms with van der Waals surface area (Å²) in [6, 6.07) is 4.05. The minimum Gasteiger partial charge on any atom is -0.370 e. The van der Waals surface area contributed by atoms with E-state index in [9.17, 15) is 0 Å². The molecule has 64 valence electrons. The molecular formula is C9H13N3. The molecular weight excluding hydrogens is 150 g/mol. The molecule has 0 amide bonds. The predicted molar refractivity (Wildman–Crippen MR) is 49.0 cm³/mol. The van der Waals surface area contributed by atoms with Crippen LogP contribution in [0.2, 0.25) is 0 Å². The van der Waals surface area contributed by atoms with Gasteiger partial charge in [-0.3, -0.25) is 4.98 Å². The smallest absolute Gasteiger partial charge is 0.0552 e. The van der Waals surface area contributed by atoms with E-state index in [2.05, 4.69) is 16.0 Å². The minimum atomic E-state index is 0.685. The molecule has 1 aromatic rings. The van der Waals surface area contributed by atoms with E-state index in [4.69, 9.17) is 5.73 Å². The number of aromatic nitrogens is 1. The van der Waals surface area contributed by atoms with E-state index < -0.39 is 0 Å². The lowest BCUT2D eigenvalue weighted by molar-refractivity contribution is 0.420. The number of hydrogen-bond donors (Lipinski definition) is 1. The molecule has 1 aliphatic heterocycles. The van der Waals surface area contributed by atoms with Crippen molar-refractivity contribution in [2.45, 2.75) is 0 Å². The Hall–Kier alpha value is -1.09. The monoisotopic (exact) mass is 163 g/mol. The van der Waals surface area contributed by atoms with Crippen LogP contribution in [0.15, 0.2) is 24.5 Å². The summed E-state index contributed by atoms with van der Waals surface area (Å²) in [7, 11) is 0. The zero-order chi connectivity index (χ0) is 8.39. The van der Waals surface area contributed by atoms with Crippen LogP contribution < -0.4 is 10.6 Å². The van der Waals surface area contributed by atoms with Gasteiger partial charge in [-0.25, -0.2) is 0 Å². The highest BCUT2D eigenvalue weighted by Gasteiger charge is 2.25. The van der Waals surface area contributed by atoms with Gasteiger partial charge in [0.15, 0.2) is 0 Å². The minimum absolute atomic E-state index is 0.685. The lowest BCUT2D eigenvalue weighted by Gasteiger charge is -2.40. The van der Waals surface area contributed by atoms with Crippen molar-refractivity contribution in [2.75, 3.05) is 24.5 Å². The van der Waals surface area contributed by atoms with Gasteiger partial charge in [-0.2, -0.15) is 0 Å². The van der Waals surface area contributed by atoms with E-state index in [0.29, 0.717) is 5.92 Å². The maximum atomic E-state index is 5.53. The van der Waals surface area contributed by atoms with E-state index in [1.54, 1.807) is 6.20 Å². The van der Waals surface area contributed by atoms with Crippen LogP contribution >= 0.6 is 0 Å². The number of hydrogen-bond acceptors (Lipinski definition) is 3. The van der Waals surface area contributed by atoms with Crippen molar-refractivity contribution in [3.8, 4) is 0 Å². The third-order valence-electron chi connectivity index (χ3n) is 2.30. The third-order valence-corrected chi connectivity index (χ3v) is 2.30. The molecule has 2 N–H and O–H groups in total. The summed E-state index contributed by atoms with van der Waals surface area (Å²) in [6.07, 6.45) is 3.69. The molecule has 12 heavy (non-hydrogen) atoms. The average molecular weight is 163 g/mol. The Morgan fingerprint density at radius 3 is 3.00 bits per heavy atom. The van der Waals surface area contributed by atoms with Gasteiger partial charge in [-0.05, 0) is 18.7 Å². The molecule has 0 spiro atoms. The van der Waals surface area contributed by atoms with Gasteiger partial charge in [0.05, 0.1) is 11.9 Å². The van der Waals surface area contributed by atoms with Gasteiger partial charge in [-0.15, -0.1) is 0 Å². The highest BCUT2D eigenvalue weighted by atomic mass is 15.2. The van der Waals surface area contributed by atoms with Crippen molar-refractivity contribution in [1.82, 2.24) is 4.98 Å². The van der Waals surface area contributed by atoms with Crippen molar-refractivity contribution in [3.05, 3.63) is 24.5 Å². The molecule has 1 fully saturated rings. The second-order valence-corrected chi connectivity index (χ2v) is 3.22. The largest absolute Gasteiger partial charge is 0.370 e. The summed E-state index contributed by atoms with van der Waals surface area (Å²) in [4.78, 5) is 6.36. The molecule has 0 saturated carbocycles. The van der Waals surface area contributed by atoms with E-state index in [1.807, 2.05) is 12.3 Å². The van der Waals surface area contributed by atoms with Gasteiger partial charge in [-0.1, -0.05) is 0 Å². The molecule has 1 aliphatic rings. The lowest BCUT2D eigenvalue weighted by atomic mass is 10.0. The van der Waals surface area contributed by atoms with Gasteiger partial charge in [0.2, 0.25) is 0 Å². The van der Waals surface area contributed by atoms with Crippen LogP contribution in [-0.4, -0.2) is 24.6 Å². The molecule has 0 aromatic carbocycles. The molecule has 0 aliphatic carbocycles. The van der Waals surface area contributed by atoms with Gasteiger partial charge < -0.3 is 10.6 Å². The second-order valence-electron chi connectivity index (χ2n) is 3.22. The van der Waals surface area contributed by atoms with Crippen LogP contribution in [0.25, 0.3) is 0 Å². The number of rotatable bonds is 2. The highest BCUT2D eigenvalue weighted by molar-refractivity contribution is 5.46. The normalized spacial score (nSPS) is 17.6. The molecule has 0 atom stereocenters. The molecule has 1 saturated heterocycles. The molecule has 0 radical (unpaired) electrons. The summed E-state index contributed by atoms with van der Waals surface area (Å²) in [6.45, 7) is 2.97. The first-order valence-electron chi connectivity index (χ1n) is 4.25. The van der Waals surface area contributed by atoms with Gasteiger partial charge in [0.1, 0.15) is 0 Å². The highest BCUT2D eigenvalue weighted by Crippen LogP contribution is 2.22. The predicted octanol–water partition coefficient (Wildman–Crippen LogP) is 0.476. The maximum Gasteiger partial charge on any atom is 0.0552 e. The summed E-state index contributed by atoms with van der Waals surface area (Å²) >= 11 is 0. The lowest BCUT2D eigenvalue weighted by Crippen LogP contribution is -2.49.